The summed E-state index contributed by atoms with van der Waals surface area (Å²) in [5.41, 5.74) is 0.0271. The SMILES string of the molecule is CCC1OCC(=O)C1NC(=O)C(CC1(C)CCCC1)NC(=O)c1ccc(NS(=O)(=O)c2ccc([N+](=O)[O-])cc2)cc1. The van der Waals surface area contributed by atoms with Gasteiger partial charge in [-0.15, -0.1) is 0 Å². The number of hydrogen-bond donors (Lipinski definition) is 3. The normalized spacial score (nSPS) is 20.8. The Bertz CT molecular complexity index is 1400. The molecule has 3 atom stereocenters. The first-order valence-corrected chi connectivity index (χ1v) is 15.0. The third kappa shape index (κ3) is 7.27. The van der Waals surface area contributed by atoms with Crippen LogP contribution in [0.5, 0.6) is 0 Å². The van der Waals surface area contributed by atoms with Gasteiger partial charge in [-0.25, -0.2) is 8.42 Å². The summed E-state index contributed by atoms with van der Waals surface area (Å²) in [6, 6.07) is 8.49. The molecule has 2 aliphatic rings. The van der Waals surface area contributed by atoms with Crippen LogP contribution in [0.25, 0.3) is 0 Å². The maximum atomic E-state index is 13.4. The smallest absolute Gasteiger partial charge is 0.269 e. The largest absolute Gasteiger partial charge is 0.368 e. The van der Waals surface area contributed by atoms with E-state index in [9.17, 15) is 32.9 Å². The predicted molar refractivity (Wildman–Crippen MR) is 150 cm³/mol. The Morgan fingerprint density at radius 3 is 2.32 bits per heavy atom. The van der Waals surface area contributed by atoms with E-state index in [2.05, 4.69) is 22.3 Å². The Hall–Kier alpha value is -3.84. The van der Waals surface area contributed by atoms with Crippen molar-refractivity contribution in [3.05, 3.63) is 64.2 Å². The van der Waals surface area contributed by atoms with Crippen LogP contribution in [0.4, 0.5) is 11.4 Å². The van der Waals surface area contributed by atoms with E-state index in [0.29, 0.717) is 12.8 Å². The Morgan fingerprint density at radius 1 is 1.10 bits per heavy atom. The predicted octanol–water partition coefficient (Wildman–Crippen LogP) is 3.33. The molecule has 2 aromatic rings. The van der Waals surface area contributed by atoms with E-state index in [-0.39, 0.29) is 39.6 Å². The number of amides is 2. The fourth-order valence-electron chi connectivity index (χ4n) is 5.39. The highest BCUT2D eigenvalue weighted by molar-refractivity contribution is 7.92. The Balaban J connectivity index is 1.45. The Kier molecular flexibility index (Phi) is 9.08. The maximum absolute atomic E-state index is 13.4. The van der Waals surface area contributed by atoms with Crippen LogP contribution in [-0.2, 0) is 24.3 Å². The van der Waals surface area contributed by atoms with E-state index in [1.807, 2.05) is 6.92 Å². The van der Waals surface area contributed by atoms with E-state index >= 15 is 0 Å². The zero-order chi connectivity index (χ0) is 29.8. The van der Waals surface area contributed by atoms with E-state index in [0.717, 1.165) is 49.9 Å². The number of nitro groups is 1. The van der Waals surface area contributed by atoms with Crippen molar-refractivity contribution in [1.82, 2.24) is 10.6 Å². The third-order valence-electron chi connectivity index (χ3n) is 7.75. The molecule has 0 bridgehead atoms. The van der Waals surface area contributed by atoms with Crippen molar-refractivity contribution in [3.63, 3.8) is 0 Å². The Morgan fingerprint density at radius 2 is 1.73 bits per heavy atom. The lowest BCUT2D eigenvalue weighted by atomic mass is 9.81. The molecule has 0 spiro atoms. The van der Waals surface area contributed by atoms with Gasteiger partial charge in [0.2, 0.25) is 5.91 Å². The summed E-state index contributed by atoms with van der Waals surface area (Å²) >= 11 is 0. The summed E-state index contributed by atoms with van der Waals surface area (Å²) in [6.07, 6.45) is 4.51. The quantitative estimate of drug-likeness (QED) is 0.265. The number of carbonyl (C=O) groups excluding carboxylic acids is 3. The second kappa shape index (κ2) is 12.4. The third-order valence-corrected chi connectivity index (χ3v) is 9.14. The first kappa shape index (κ1) is 30.1. The van der Waals surface area contributed by atoms with E-state index in [4.69, 9.17) is 4.74 Å². The second-order valence-corrected chi connectivity index (χ2v) is 12.6. The number of benzene rings is 2. The van der Waals surface area contributed by atoms with E-state index < -0.39 is 44.9 Å². The molecular weight excluding hydrogens is 552 g/mol. The number of nitrogens with one attached hydrogen (secondary N) is 3. The van der Waals surface area contributed by atoms with Gasteiger partial charge in [-0.1, -0.05) is 26.7 Å². The number of nitro benzene ring substituents is 1. The number of anilines is 1. The first-order valence-electron chi connectivity index (χ1n) is 13.5. The van der Waals surface area contributed by atoms with Gasteiger partial charge in [-0.3, -0.25) is 29.2 Å². The lowest BCUT2D eigenvalue weighted by molar-refractivity contribution is -0.384. The molecule has 2 aromatic carbocycles. The van der Waals surface area contributed by atoms with Crippen LogP contribution in [0.2, 0.25) is 0 Å². The summed E-state index contributed by atoms with van der Waals surface area (Å²) in [5.74, 6) is -1.16. The van der Waals surface area contributed by atoms with Gasteiger partial charge in [0.15, 0.2) is 5.78 Å². The van der Waals surface area contributed by atoms with Crippen molar-refractivity contribution >= 4 is 39.0 Å². The zero-order valence-electron chi connectivity index (χ0n) is 22.9. The van der Waals surface area contributed by atoms with Crippen molar-refractivity contribution < 1.29 is 32.5 Å². The van der Waals surface area contributed by atoms with Gasteiger partial charge in [0.25, 0.3) is 21.6 Å². The van der Waals surface area contributed by atoms with Crippen molar-refractivity contribution in [2.24, 2.45) is 5.41 Å². The topological polar surface area (TPSA) is 174 Å². The van der Waals surface area contributed by atoms with E-state index in [1.54, 1.807) is 0 Å². The number of hydrogen-bond acceptors (Lipinski definition) is 8. The van der Waals surface area contributed by atoms with Crippen LogP contribution in [0, 0.1) is 15.5 Å². The molecule has 13 heteroatoms. The van der Waals surface area contributed by atoms with Crippen LogP contribution >= 0.6 is 0 Å². The molecule has 0 radical (unpaired) electrons. The van der Waals surface area contributed by atoms with Crippen LogP contribution in [0.15, 0.2) is 53.4 Å². The standard InChI is InChI=1S/C28H34N4O8S/c1-3-24-25(23(33)17-40-24)30-27(35)22(16-28(2)14-4-5-15-28)29-26(34)18-6-8-19(9-7-18)31-41(38,39)21-12-10-20(11-13-21)32(36)37/h6-13,22,24-25,31H,3-5,14-17H2,1-2H3,(H,29,34)(H,30,35). The average Bonchev–Trinajstić information content (AvgIpc) is 3.53. The number of ketones is 1. The van der Waals surface area contributed by atoms with Crippen molar-refractivity contribution in [2.45, 2.75) is 75.5 Å². The minimum atomic E-state index is -4.03. The molecule has 41 heavy (non-hydrogen) atoms. The van der Waals surface area contributed by atoms with Crippen LogP contribution < -0.4 is 15.4 Å². The fourth-order valence-corrected chi connectivity index (χ4v) is 6.45. The number of rotatable bonds is 11. The second-order valence-electron chi connectivity index (χ2n) is 10.9. The lowest BCUT2D eigenvalue weighted by Crippen LogP contribution is -2.54. The minimum absolute atomic E-state index is 0.0571. The molecule has 1 saturated carbocycles. The van der Waals surface area contributed by atoms with Crippen LogP contribution in [0.3, 0.4) is 0 Å². The molecule has 2 fully saturated rings. The number of sulfonamides is 1. The fraction of sp³-hybridized carbons (Fsp3) is 0.464. The molecule has 1 saturated heterocycles. The van der Waals surface area contributed by atoms with Gasteiger partial charge >= 0.3 is 0 Å². The van der Waals surface area contributed by atoms with Crippen molar-refractivity contribution in [3.8, 4) is 0 Å². The molecule has 0 aromatic heterocycles. The van der Waals surface area contributed by atoms with Gasteiger partial charge in [-0.05, 0) is 67.5 Å². The Labute approximate surface area is 238 Å². The highest BCUT2D eigenvalue weighted by Gasteiger charge is 2.40. The molecule has 1 heterocycles. The average molecular weight is 587 g/mol. The first-order chi connectivity index (χ1) is 19.4. The highest BCUT2D eigenvalue weighted by atomic mass is 32.2. The van der Waals surface area contributed by atoms with Crippen LogP contribution in [-0.4, -0.2) is 55.7 Å². The monoisotopic (exact) mass is 586 g/mol. The zero-order valence-corrected chi connectivity index (χ0v) is 23.7. The van der Waals surface area contributed by atoms with Gasteiger partial charge in [0.1, 0.15) is 18.7 Å². The van der Waals surface area contributed by atoms with Gasteiger partial charge in [0, 0.05) is 23.4 Å². The van der Waals surface area contributed by atoms with Gasteiger partial charge in [-0.2, -0.15) is 0 Å². The highest BCUT2D eigenvalue weighted by Crippen LogP contribution is 2.41. The molecule has 3 unspecified atom stereocenters. The van der Waals surface area contributed by atoms with Gasteiger partial charge < -0.3 is 15.4 Å². The number of carbonyl (C=O) groups is 3. The summed E-state index contributed by atoms with van der Waals surface area (Å²) in [7, 11) is -4.03. The van der Waals surface area contributed by atoms with Crippen LogP contribution in [0.1, 0.15) is 62.7 Å². The summed E-state index contributed by atoms with van der Waals surface area (Å²) in [4.78, 5) is 48.9. The number of ether oxygens (including phenoxy) is 1. The molecule has 220 valence electrons. The molecule has 1 aliphatic heterocycles. The van der Waals surface area contributed by atoms with Gasteiger partial charge in [0.05, 0.1) is 15.9 Å². The maximum Gasteiger partial charge on any atom is 0.269 e. The van der Waals surface area contributed by atoms with Crippen molar-refractivity contribution in [2.75, 3.05) is 11.3 Å². The number of Topliss-reactive ketones (excluding diaryl/α,β-unsaturated/α-hetero) is 1. The molecule has 3 N–H and O–H groups in total. The lowest BCUT2D eigenvalue weighted by Gasteiger charge is -2.30. The molecule has 1 aliphatic carbocycles. The number of non-ortho nitro benzene ring substituents is 1. The summed E-state index contributed by atoms with van der Waals surface area (Å²) in [5, 5.41) is 16.4. The molecule has 2 amide bonds. The summed E-state index contributed by atoms with van der Waals surface area (Å²) in [6.45, 7) is 3.91. The summed E-state index contributed by atoms with van der Waals surface area (Å²) < 4.78 is 33.2. The van der Waals surface area contributed by atoms with Crippen molar-refractivity contribution in [1.29, 1.82) is 0 Å². The minimum Gasteiger partial charge on any atom is -0.368 e. The molecule has 4 rings (SSSR count). The molecular formula is C28H34N4O8S. The molecule has 12 nitrogen and oxygen atoms in total. The number of nitrogens with zero attached hydrogens (tertiary/aromatic N) is 1. The van der Waals surface area contributed by atoms with E-state index in [1.165, 1.54) is 24.3 Å².